The molecule has 1 aliphatic rings. The highest BCUT2D eigenvalue weighted by molar-refractivity contribution is 5.89. The Hall–Kier alpha value is -1.03. The van der Waals surface area contributed by atoms with Crippen molar-refractivity contribution in [1.82, 2.24) is 0 Å². The Morgan fingerprint density at radius 2 is 2.23 bits per heavy atom. The first-order valence-corrected chi connectivity index (χ1v) is 4.48. The monoisotopic (exact) mass is 185 g/mol. The smallest absolute Gasteiger partial charge is 0.335 e. The van der Waals surface area contributed by atoms with Crippen molar-refractivity contribution < 1.29 is 14.3 Å². The molecule has 0 bridgehead atoms. The Kier molecular flexibility index (Phi) is 3.76. The zero-order valence-corrected chi connectivity index (χ0v) is 7.84. The summed E-state index contributed by atoms with van der Waals surface area (Å²) in [4.78, 5) is 11.3. The van der Waals surface area contributed by atoms with Gasteiger partial charge in [0.25, 0.3) is 0 Å². The minimum Gasteiger partial charge on any atom is -0.463 e. The van der Waals surface area contributed by atoms with E-state index in [1.54, 1.807) is 6.92 Å². The van der Waals surface area contributed by atoms with Crippen LogP contribution in [0.1, 0.15) is 19.8 Å². The number of rotatable bonds is 2. The predicted molar refractivity (Wildman–Crippen MR) is 47.9 cm³/mol. The molecule has 4 heteroatoms. The van der Waals surface area contributed by atoms with Crippen LogP contribution in [0.15, 0.2) is 11.3 Å². The molecule has 0 saturated heterocycles. The van der Waals surface area contributed by atoms with Crippen LogP contribution in [-0.4, -0.2) is 25.8 Å². The van der Waals surface area contributed by atoms with E-state index in [-0.39, 0.29) is 5.97 Å². The Balaban J connectivity index is 2.67. The predicted octanol–water partition coefficient (Wildman–Crippen LogP) is 0.573. The maximum atomic E-state index is 11.3. The van der Waals surface area contributed by atoms with Crippen molar-refractivity contribution in [3.8, 4) is 0 Å². The SMILES string of the molecule is CCOC(=O)C1=C(N)CCOCC1. The average Bonchev–Trinajstić information content (AvgIpc) is 2.30. The normalized spacial score (nSPS) is 18.2. The minimum absolute atomic E-state index is 0.300. The molecule has 1 heterocycles. The fraction of sp³-hybridized carbons (Fsp3) is 0.667. The van der Waals surface area contributed by atoms with Gasteiger partial charge < -0.3 is 15.2 Å². The summed E-state index contributed by atoms with van der Waals surface area (Å²) < 4.78 is 10.1. The highest BCUT2D eigenvalue weighted by Gasteiger charge is 2.16. The van der Waals surface area contributed by atoms with Gasteiger partial charge in [-0.05, 0) is 6.92 Å². The van der Waals surface area contributed by atoms with Crippen LogP contribution in [0.2, 0.25) is 0 Å². The molecule has 0 amide bonds. The van der Waals surface area contributed by atoms with Gasteiger partial charge in [-0.25, -0.2) is 4.79 Å². The van der Waals surface area contributed by atoms with Gasteiger partial charge in [0, 0.05) is 18.5 Å². The Morgan fingerprint density at radius 3 is 2.92 bits per heavy atom. The first-order valence-electron chi connectivity index (χ1n) is 4.48. The van der Waals surface area contributed by atoms with Crippen LogP contribution in [0.4, 0.5) is 0 Å². The summed E-state index contributed by atoms with van der Waals surface area (Å²) in [6.45, 7) is 3.31. The fourth-order valence-electron chi connectivity index (χ4n) is 1.22. The molecule has 2 N–H and O–H groups in total. The van der Waals surface area contributed by atoms with E-state index in [0.29, 0.717) is 43.9 Å². The minimum atomic E-state index is -0.300. The van der Waals surface area contributed by atoms with Crippen LogP contribution in [0.3, 0.4) is 0 Å². The number of carbonyl (C=O) groups is 1. The van der Waals surface area contributed by atoms with E-state index in [2.05, 4.69) is 0 Å². The topological polar surface area (TPSA) is 61.5 Å². The lowest BCUT2D eigenvalue weighted by molar-refractivity contribution is -0.138. The zero-order chi connectivity index (χ0) is 9.68. The van der Waals surface area contributed by atoms with Crippen molar-refractivity contribution in [3.05, 3.63) is 11.3 Å². The second kappa shape index (κ2) is 4.87. The number of hydrogen-bond acceptors (Lipinski definition) is 4. The number of nitrogens with two attached hydrogens (primary N) is 1. The molecule has 0 aromatic carbocycles. The average molecular weight is 185 g/mol. The van der Waals surface area contributed by atoms with Gasteiger partial charge in [0.15, 0.2) is 0 Å². The quantitative estimate of drug-likeness (QED) is 0.639. The second-order valence-corrected chi connectivity index (χ2v) is 2.84. The van der Waals surface area contributed by atoms with Gasteiger partial charge in [-0.3, -0.25) is 0 Å². The molecule has 0 aromatic heterocycles. The van der Waals surface area contributed by atoms with Gasteiger partial charge in [-0.2, -0.15) is 0 Å². The molecule has 0 saturated carbocycles. The Morgan fingerprint density at radius 1 is 1.54 bits per heavy atom. The van der Waals surface area contributed by atoms with Crippen molar-refractivity contribution in [3.63, 3.8) is 0 Å². The van der Waals surface area contributed by atoms with E-state index in [1.807, 2.05) is 0 Å². The summed E-state index contributed by atoms with van der Waals surface area (Å²) in [6.07, 6.45) is 1.18. The number of hydrogen-bond donors (Lipinski definition) is 1. The molecule has 4 nitrogen and oxygen atoms in total. The molecule has 13 heavy (non-hydrogen) atoms. The highest BCUT2D eigenvalue weighted by atomic mass is 16.5. The van der Waals surface area contributed by atoms with Gasteiger partial charge in [-0.15, -0.1) is 0 Å². The number of esters is 1. The fourth-order valence-corrected chi connectivity index (χ4v) is 1.22. The lowest BCUT2D eigenvalue weighted by Gasteiger charge is -2.06. The third kappa shape index (κ3) is 2.73. The van der Waals surface area contributed by atoms with Crippen molar-refractivity contribution >= 4 is 5.97 Å². The van der Waals surface area contributed by atoms with E-state index in [9.17, 15) is 4.79 Å². The zero-order valence-electron chi connectivity index (χ0n) is 7.84. The summed E-state index contributed by atoms with van der Waals surface area (Å²) in [7, 11) is 0. The van der Waals surface area contributed by atoms with E-state index in [4.69, 9.17) is 15.2 Å². The van der Waals surface area contributed by atoms with Crippen molar-refractivity contribution in [2.45, 2.75) is 19.8 Å². The first kappa shape index (κ1) is 10.1. The molecule has 0 atom stereocenters. The van der Waals surface area contributed by atoms with Crippen LogP contribution < -0.4 is 5.73 Å². The molecule has 1 aliphatic heterocycles. The summed E-state index contributed by atoms with van der Waals surface area (Å²) in [5, 5.41) is 0. The maximum Gasteiger partial charge on any atom is 0.335 e. The van der Waals surface area contributed by atoms with Crippen molar-refractivity contribution in [2.24, 2.45) is 5.73 Å². The number of ether oxygens (including phenoxy) is 2. The summed E-state index contributed by atoms with van der Waals surface area (Å²) in [5.41, 5.74) is 6.90. The van der Waals surface area contributed by atoms with Crippen LogP contribution in [-0.2, 0) is 14.3 Å². The van der Waals surface area contributed by atoms with Gasteiger partial charge in [0.2, 0.25) is 0 Å². The summed E-state index contributed by atoms with van der Waals surface area (Å²) >= 11 is 0. The summed E-state index contributed by atoms with van der Waals surface area (Å²) in [6, 6.07) is 0. The van der Waals surface area contributed by atoms with Gasteiger partial charge in [-0.1, -0.05) is 0 Å². The molecule has 0 aliphatic carbocycles. The lowest BCUT2D eigenvalue weighted by atomic mass is 10.1. The third-order valence-electron chi connectivity index (χ3n) is 1.92. The third-order valence-corrected chi connectivity index (χ3v) is 1.92. The van der Waals surface area contributed by atoms with Crippen molar-refractivity contribution in [2.75, 3.05) is 19.8 Å². The number of carbonyl (C=O) groups excluding carboxylic acids is 1. The molecule has 0 spiro atoms. The molecular formula is C9H15NO3. The lowest BCUT2D eigenvalue weighted by Crippen LogP contribution is -2.14. The van der Waals surface area contributed by atoms with Crippen LogP contribution >= 0.6 is 0 Å². The van der Waals surface area contributed by atoms with Crippen LogP contribution in [0.25, 0.3) is 0 Å². The van der Waals surface area contributed by atoms with Gasteiger partial charge in [0.1, 0.15) is 0 Å². The van der Waals surface area contributed by atoms with Gasteiger partial charge >= 0.3 is 5.97 Å². The van der Waals surface area contributed by atoms with Crippen LogP contribution in [0.5, 0.6) is 0 Å². The first-order chi connectivity index (χ1) is 6.25. The molecule has 1 rings (SSSR count). The molecule has 0 radical (unpaired) electrons. The van der Waals surface area contributed by atoms with E-state index in [0.717, 1.165) is 0 Å². The highest BCUT2D eigenvalue weighted by Crippen LogP contribution is 2.14. The molecule has 74 valence electrons. The summed E-state index contributed by atoms with van der Waals surface area (Å²) in [5.74, 6) is -0.300. The Labute approximate surface area is 77.7 Å². The van der Waals surface area contributed by atoms with E-state index < -0.39 is 0 Å². The molecule has 0 fully saturated rings. The largest absolute Gasteiger partial charge is 0.463 e. The Bertz CT molecular complexity index is 223. The maximum absolute atomic E-state index is 11.3. The van der Waals surface area contributed by atoms with E-state index in [1.165, 1.54) is 0 Å². The van der Waals surface area contributed by atoms with Crippen LogP contribution in [0, 0.1) is 0 Å². The van der Waals surface area contributed by atoms with Gasteiger partial charge in [0.05, 0.1) is 25.4 Å². The molecule has 0 unspecified atom stereocenters. The second-order valence-electron chi connectivity index (χ2n) is 2.84. The molecular weight excluding hydrogens is 170 g/mol. The van der Waals surface area contributed by atoms with Crippen molar-refractivity contribution in [1.29, 1.82) is 0 Å². The van der Waals surface area contributed by atoms with E-state index >= 15 is 0 Å². The molecule has 0 aromatic rings. The standard InChI is InChI=1S/C9H15NO3/c1-2-13-9(11)7-3-5-12-6-4-8(7)10/h2-6,10H2,1H3.